The van der Waals surface area contributed by atoms with Gasteiger partial charge in [-0.2, -0.15) is 8.78 Å². The molecular formula is C23H19F2NO4. The highest BCUT2D eigenvalue weighted by molar-refractivity contribution is 5.95. The monoisotopic (exact) mass is 411 g/mol. The van der Waals surface area contributed by atoms with E-state index in [2.05, 4.69) is 10.1 Å². The average molecular weight is 411 g/mol. The van der Waals surface area contributed by atoms with E-state index in [-0.39, 0.29) is 12.4 Å². The van der Waals surface area contributed by atoms with Crippen molar-refractivity contribution < 1.29 is 27.8 Å². The van der Waals surface area contributed by atoms with Crippen LogP contribution in [0.15, 0.2) is 72.8 Å². The van der Waals surface area contributed by atoms with Gasteiger partial charge >= 0.3 is 6.61 Å². The first-order chi connectivity index (χ1) is 14.6. The Kier molecular flexibility index (Phi) is 5.79. The van der Waals surface area contributed by atoms with Gasteiger partial charge in [-0.15, -0.1) is 0 Å². The maximum absolute atomic E-state index is 12.8. The molecule has 1 amide bonds. The molecule has 0 aliphatic carbocycles. The fourth-order valence-corrected chi connectivity index (χ4v) is 3.19. The number of nitrogens with one attached hydrogen (secondary N) is 1. The first-order valence-corrected chi connectivity index (χ1v) is 9.39. The van der Waals surface area contributed by atoms with Crippen LogP contribution in [0, 0.1) is 0 Å². The topological polar surface area (TPSA) is 56.8 Å². The van der Waals surface area contributed by atoms with E-state index in [0.29, 0.717) is 29.2 Å². The lowest BCUT2D eigenvalue weighted by Gasteiger charge is -2.25. The number of rotatable bonds is 6. The summed E-state index contributed by atoms with van der Waals surface area (Å²) in [7, 11) is 0. The fourth-order valence-electron chi connectivity index (χ4n) is 3.19. The van der Waals surface area contributed by atoms with Gasteiger partial charge in [0.25, 0.3) is 5.91 Å². The van der Waals surface area contributed by atoms with Crippen LogP contribution < -0.4 is 19.5 Å². The highest BCUT2D eigenvalue weighted by Gasteiger charge is 2.27. The molecule has 0 radical (unpaired) electrons. The third-order valence-electron chi connectivity index (χ3n) is 4.58. The molecule has 0 bridgehead atoms. The van der Waals surface area contributed by atoms with E-state index < -0.39 is 18.6 Å². The van der Waals surface area contributed by atoms with Crippen LogP contribution in [0.3, 0.4) is 0 Å². The van der Waals surface area contributed by atoms with E-state index in [0.717, 1.165) is 5.56 Å². The molecule has 30 heavy (non-hydrogen) atoms. The number of hydrogen-bond donors (Lipinski definition) is 1. The Morgan fingerprint density at radius 2 is 1.77 bits per heavy atom. The molecule has 5 nitrogen and oxygen atoms in total. The average Bonchev–Trinajstić information content (AvgIpc) is 2.75. The number of halogens is 2. The highest BCUT2D eigenvalue weighted by Crippen LogP contribution is 2.32. The van der Waals surface area contributed by atoms with Crippen LogP contribution >= 0.6 is 0 Å². The van der Waals surface area contributed by atoms with Gasteiger partial charge in [0.15, 0.2) is 11.5 Å². The summed E-state index contributed by atoms with van der Waals surface area (Å²) in [5.41, 5.74) is 1.92. The Labute approximate surface area is 172 Å². The van der Waals surface area contributed by atoms with Crippen molar-refractivity contribution in [2.24, 2.45) is 0 Å². The minimum absolute atomic E-state index is 0.0676. The lowest BCUT2D eigenvalue weighted by atomic mass is 10.0. The minimum Gasteiger partial charge on any atom is -0.485 e. The molecule has 3 aromatic carbocycles. The molecule has 1 heterocycles. The zero-order chi connectivity index (χ0) is 20.9. The summed E-state index contributed by atoms with van der Waals surface area (Å²) in [5, 5.41) is 2.76. The Bertz CT molecular complexity index is 1030. The molecule has 0 aromatic heterocycles. The third-order valence-corrected chi connectivity index (χ3v) is 4.58. The van der Waals surface area contributed by atoms with Gasteiger partial charge < -0.3 is 19.5 Å². The number of carbonyl (C=O) groups is 1. The predicted molar refractivity (Wildman–Crippen MR) is 107 cm³/mol. The molecule has 3 aromatic rings. The molecule has 0 saturated carbocycles. The SMILES string of the molecule is O=C(Nc1ccc(OC(F)F)c(Cc2ccccc2)c1)C1COc2ccccc2O1. The molecule has 1 atom stereocenters. The van der Waals surface area contributed by atoms with Gasteiger partial charge in [0.05, 0.1) is 0 Å². The molecule has 0 spiro atoms. The molecule has 1 aliphatic rings. The summed E-state index contributed by atoms with van der Waals surface area (Å²) in [6.07, 6.45) is -0.447. The number of fused-ring (bicyclic) bond motifs is 1. The summed E-state index contributed by atoms with van der Waals surface area (Å²) in [6.45, 7) is -2.86. The second kappa shape index (κ2) is 8.82. The van der Waals surface area contributed by atoms with Crippen LogP contribution in [0.5, 0.6) is 17.2 Å². The maximum atomic E-state index is 12.8. The van der Waals surface area contributed by atoms with Crippen LogP contribution in [0.1, 0.15) is 11.1 Å². The number of alkyl halides is 2. The number of benzene rings is 3. The number of para-hydroxylation sites is 2. The molecule has 7 heteroatoms. The normalized spacial score (nSPS) is 15.0. The Morgan fingerprint density at radius 3 is 2.53 bits per heavy atom. The van der Waals surface area contributed by atoms with Crippen molar-refractivity contribution >= 4 is 11.6 Å². The summed E-state index contributed by atoms with van der Waals surface area (Å²) in [5.74, 6) is 0.755. The van der Waals surface area contributed by atoms with Crippen molar-refractivity contribution in [2.75, 3.05) is 11.9 Å². The Morgan fingerprint density at radius 1 is 1.03 bits per heavy atom. The van der Waals surface area contributed by atoms with Crippen molar-refractivity contribution in [2.45, 2.75) is 19.1 Å². The number of hydrogen-bond acceptors (Lipinski definition) is 4. The van der Waals surface area contributed by atoms with Gasteiger partial charge in [-0.3, -0.25) is 4.79 Å². The van der Waals surface area contributed by atoms with Crippen LogP contribution in [0.2, 0.25) is 0 Å². The predicted octanol–water partition coefficient (Wildman–Crippen LogP) is 4.66. The Balaban J connectivity index is 1.51. The van der Waals surface area contributed by atoms with E-state index in [1.54, 1.807) is 24.3 Å². The highest BCUT2D eigenvalue weighted by atomic mass is 19.3. The zero-order valence-electron chi connectivity index (χ0n) is 15.9. The molecule has 1 aliphatic heterocycles. The lowest BCUT2D eigenvalue weighted by molar-refractivity contribution is -0.125. The van der Waals surface area contributed by atoms with Gasteiger partial charge in [0, 0.05) is 17.7 Å². The first-order valence-electron chi connectivity index (χ1n) is 9.39. The van der Waals surface area contributed by atoms with Crippen LogP contribution in [0.4, 0.5) is 14.5 Å². The van der Waals surface area contributed by atoms with Gasteiger partial charge in [-0.1, -0.05) is 42.5 Å². The largest absolute Gasteiger partial charge is 0.485 e. The maximum Gasteiger partial charge on any atom is 0.387 e. The number of ether oxygens (including phenoxy) is 3. The van der Waals surface area contributed by atoms with E-state index in [1.165, 1.54) is 12.1 Å². The summed E-state index contributed by atoms with van der Waals surface area (Å²) >= 11 is 0. The molecule has 0 saturated heterocycles. The molecule has 154 valence electrons. The molecule has 0 fully saturated rings. The number of anilines is 1. The second-order valence-corrected chi connectivity index (χ2v) is 6.72. The summed E-state index contributed by atoms with van der Waals surface area (Å²) < 4.78 is 41.5. The summed E-state index contributed by atoms with van der Waals surface area (Å²) in [6, 6.07) is 21.1. The molecule has 4 rings (SSSR count). The van der Waals surface area contributed by atoms with Crippen molar-refractivity contribution in [3.05, 3.63) is 83.9 Å². The minimum atomic E-state index is -2.94. The van der Waals surface area contributed by atoms with Crippen molar-refractivity contribution in [1.82, 2.24) is 0 Å². The van der Waals surface area contributed by atoms with Crippen LogP contribution in [-0.4, -0.2) is 25.2 Å². The standard InChI is InChI=1S/C23H19F2NO4/c24-23(25)30-18-11-10-17(13-16(18)12-15-6-2-1-3-7-15)26-22(27)21-14-28-19-8-4-5-9-20(19)29-21/h1-11,13,21,23H,12,14H2,(H,26,27). The summed E-state index contributed by atoms with van der Waals surface area (Å²) in [4.78, 5) is 12.6. The number of carbonyl (C=O) groups excluding carboxylic acids is 1. The van der Waals surface area contributed by atoms with E-state index >= 15 is 0 Å². The quantitative estimate of drug-likeness (QED) is 0.641. The Hall–Kier alpha value is -3.61. The zero-order valence-corrected chi connectivity index (χ0v) is 15.9. The van der Waals surface area contributed by atoms with Crippen molar-refractivity contribution in [3.63, 3.8) is 0 Å². The molecular weight excluding hydrogens is 392 g/mol. The lowest BCUT2D eigenvalue weighted by Crippen LogP contribution is -2.40. The third kappa shape index (κ3) is 4.68. The fraction of sp³-hybridized carbons (Fsp3) is 0.174. The molecule has 1 unspecified atom stereocenters. The van der Waals surface area contributed by atoms with E-state index in [1.807, 2.05) is 36.4 Å². The first kappa shape index (κ1) is 19.7. The van der Waals surface area contributed by atoms with Gasteiger partial charge in [-0.25, -0.2) is 0 Å². The molecule has 1 N–H and O–H groups in total. The van der Waals surface area contributed by atoms with Crippen molar-refractivity contribution in [1.29, 1.82) is 0 Å². The number of amides is 1. The van der Waals surface area contributed by atoms with Crippen molar-refractivity contribution in [3.8, 4) is 17.2 Å². The van der Waals surface area contributed by atoms with E-state index in [4.69, 9.17) is 9.47 Å². The van der Waals surface area contributed by atoms with Crippen LogP contribution in [0.25, 0.3) is 0 Å². The van der Waals surface area contributed by atoms with Crippen LogP contribution in [-0.2, 0) is 11.2 Å². The van der Waals surface area contributed by atoms with Gasteiger partial charge in [-0.05, 0) is 35.9 Å². The van der Waals surface area contributed by atoms with E-state index in [9.17, 15) is 13.6 Å². The smallest absolute Gasteiger partial charge is 0.387 e. The second-order valence-electron chi connectivity index (χ2n) is 6.72. The van der Waals surface area contributed by atoms with Gasteiger partial charge in [0.2, 0.25) is 6.10 Å². The van der Waals surface area contributed by atoms with Gasteiger partial charge in [0.1, 0.15) is 12.4 Å².